The Labute approximate surface area is 89.3 Å². The molecule has 0 aliphatic carbocycles. The topological polar surface area (TPSA) is 37.4 Å². The van der Waals surface area contributed by atoms with Gasteiger partial charge in [-0.15, -0.1) is 0 Å². The van der Waals surface area contributed by atoms with Crippen LogP contribution in [0.1, 0.15) is 33.6 Å². The molecule has 0 spiro atoms. The summed E-state index contributed by atoms with van der Waals surface area (Å²) in [6, 6.07) is 0. The summed E-state index contributed by atoms with van der Waals surface area (Å²) in [6.07, 6.45) is 1.53. The van der Waals surface area contributed by atoms with Gasteiger partial charge in [0.05, 0.1) is 0 Å². The molecule has 1 rings (SSSR count). The summed E-state index contributed by atoms with van der Waals surface area (Å²) in [5, 5.41) is 0. The van der Waals surface area contributed by atoms with Crippen LogP contribution in [0.3, 0.4) is 0 Å². The zero-order valence-corrected chi connectivity index (χ0v) is 10.2. The lowest BCUT2D eigenvalue weighted by Gasteiger charge is -2.26. The average molecular weight is 219 g/mol. The van der Waals surface area contributed by atoms with E-state index >= 15 is 0 Å². The molecule has 0 bridgehead atoms. The van der Waals surface area contributed by atoms with E-state index in [1.807, 2.05) is 25.7 Å². The fourth-order valence-electron chi connectivity index (χ4n) is 1.26. The normalized spacial score (nSPS) is 17.2. The van der Waals surface area contributed by atoms with Crippen molar-refractivity contribution in [1.29, 1.82) is 0 Å². The first-order valence-corrected chi connectivity index (χ1v) is 6.85. The Balaban J connectivity index is 0.000000791. The lowest BCUT2D eigenvalue weighted by molar-refractivity contribution is -0.130. The van der Waals surface area contributed by atoms with Crippen LogP contribution in [0.5, 0.6) is 0 Å². The summed E-state index contributed by atoms with van der Waals surface area (Å²) in [6.45, 7) is 7.37. The Bertz CT molecular complexity index is 185. The van der Waals surface area contributed by atoms with Crippen LogP contribution in [0.4, 0.5) is 0 Å². The molecule has 0 aromatic carbocycles. The lowest BCUT2D eigenvalue weighted by Crippen LogP contribution is -2.41. The first kappa shape index (κ1) is 13.6. The van der Waals surface area contributed by atoms with E-state index in [4.69, 9.17) is 0 Å². The van der Waals surface area contributed by atoms with Crippen LogP contribution in [0.15, 0.2) is 0 Å². The molecule has 1 saturated heterocycles. The number of carbonyl (C=O) groups is 1. The molecule has 84 valence electrons. The second-order valence-corrected chi connectivity index (χ2v) is 4.68. The summed E-state index contributed by atoms with van der Waals surface area (Å²) < 4.78 is 11.0. The third kappa shape index (κ3) is 4.74. The third-order valence-corrected chi connectivity index (χ3v) is 3.27. The predicted octanol–water partition coefficient (Wildman–Crippen LogP) is 1.40. The van der Waals surface area contributed by atoms with Crippen molar-refractivity contribution in [1.82, 2.24) is 4.90 Å². The monoisotopic (exact) mass is 219 g/mol. The number of amides is 1. The van der Waals surface area contributed by atoms with Gasteiger partial charge in [-0.05, 0) is 6.42 Å². The minimum atomic E-state index is -0.675. The number of rotatable bonds is 2. The molecule has 0 N–H and O–H groups in total. The van der Waals surface area contributed by atoms with Crippen molar-refractivity contribution in [2.75, 3.05) is 24.6 Å². The van der Waals surface area contributed by atoms with Crippen molar-refractivity contribution in [2.45, 2.75) is 33.6 Å². The highest BCUT2D eigenvalue weighted by atomic mass is 32.2. The molecular formula is C10H21NO2S. The van der Waals surface area contributed by atoms with Gasteiger partial charge in [0.15, 0.2) is 0 Å². The average Bonchev–Trinajstić information content (AvgIpc) is 2.22. The minimum absolute atomic E-state index is 0.217. The molecular weight excluding hydrogens is 198 g/mol. The van der Waals surface area contributed by atoms with Crippen LogP contribution in [-0.2, 0) is 15.6 Å². The van der Waals surface area contributed by atoms with Crippen molar-refractivity contribution in [3.8, 4) is 0 Å². The second-order valence-electron chi connectivity index (χ2n) is 2.98. The van der Waals surface area contributed by atoms with Crippen molar-refractivity contribution in [3.63, 3.8) is 0 Å². The van der Waals surface area contributed by atoms with Crippen molar-refractivity contribution < 1.29 is 9.00 Å². The highest BCUT2D eigenvalue weighted by Gasteiger charge is 2.18. The molecule has 0 atom stereocenters. The van der Waals surface area contributed by atoms with Crippen LogP contribution in [-0.4, -0.2) is 39.6 Å². The summed E-state index contributed by atoms with van der Waals surface area (Å²) in [7, 11) is -0.675. The van der Waals surface area contributed by atoms with E-state index in [1.54, 1.807) is 0 Å². The van der Waals surface area contributed by atoms with Gasteiger partial charge in [-0.3, -0.25) is 9.00 Å². The van der Waals surface area contributed by atoms with Gasteiger partial charge in [-0.1, -0.05) is 20.8 Å². The summed E-state index contributed by atoms with van der Waals surface area (Å²) in [5.74, 6) is 1.54. The van der Waals surface area contributed by atoms with Crippen molar-refractivity contribution in [2.24, 2.45) is 0 Å². The summed E-state index contributed by atoms with van der Waals surface area (Å²) in [4.78, 5) is 13.2. The van der Waals surface area contributed by atoms with Gasteiger partial charge in [-0.25, -0.2) is 0 Å². The van der Waals surface area contributed by atoms with Gasteiger partial charge in [-0.2, -0.15) is 0 Å². The molecule has 0 saturated carbocycles. The number of carbonyl (C=O) groups excluding carboxylic acids is 1. The summed E-state index contributed by atoms with van der Waals surface area (Å²) >= 11 is 0. The first-order valence-electron chi connectivity index (χ1n) is 5.36. The molecule has 14 heavy (non-hydrogen) atoms. The molecule has 1 aliphatic heterocycles. The van der Waals surface area contributed by atoms with E-state index < -0.39 is 10.8 Å². The lowest BCUT2D eigenvalue weighted by atomic mass is 10.3. The predicted molar refractivity (Wildman–Crippen MR) is 60.7 cm³/mol. The molecule has 1 fully saturated rings. The van der Waals surface area contributed by atoms with Crippen LogP contribution < -0.4 is 0 Å². The van der Waals surface area contributed by atoms with Gasteiger partial charge < -0.3 is 4.90 Å². The van der Waals surface area contributed by atoms with Gasteiger partial charge in [0.2, 0.25) is 5.91 Å². The van der Waals surface area contributed by atoms with Crippen LogP contribution in [0, 0.1) is 0 Å². The Morgan fingerprint density at radius 2 is 1.79 bits per heavy atom. The Morgan fingerprint density at radius 3 is 2.21 bits per heavy atom. The Morgan fingerprint density at radius 1 is 1.29 bits per heavy atom. The van der Waals surface area contributed by atoms with Crippen LogP contribution in [0.25, 0.3) is 0 Å². The largest absolute Gasteiger partial charge is 0.341 e. The van der Waals surface area contributed by atoms with E-state index in [0.29, 0.717) is 31.0 Å². The maximum atomic E-state index is 11.3. The zero-order chi connectivity index (χ0) is 11.0. The molecule has 1 aliphatic rings. The van der Waals surface area contributed by atoms with E-state index in [0.717, 1.165) is 6.42 Å². The smallest absolute Gasteiger partial charge is 0.222 e. The van der Waals surface area contributed by atoms with Gasteiger partial charge >= 0.3 is 0 Å². The van der Waals surface area contributed by atoms with E-state index in [-0.39, 0.29) is 5.91 Å². The summed E-state index contributed by atoms with van der Waals surface area (Å²) in [5.41, 5.74) is 0. The molecule has 0 radical (unpaired) electrons. The molecule has 3 nitrogen and oxygen atoms in total. The molecule has 1 heterocycles. The molecule has 4 heteroatoms. The van der Waals surface area contributed by atoms with E-state index in [2.05, 4.69) is 0 Å². The molecule has 0 aromatic rings. The SMILES string of the molecule is CC.CCCC(=O)N1CCS(=O)CC1. The maximum absolute atomic E-state index is 11.3. The number of hydrogen-bond acceptors (Lipinski definition) is 2. The quantitative estimate of drug-likeness (QED) is 0.704. The van der Waals surface area contributed by atoms with Gasteiger partial charge in [0.1, 0.15) is 0 Å². The maximum Gasteiger partial charge on any atom is 0.222 e. The second kappa shape index (κ2) is 7.97. The molecule has 1 amide bonds. The molecule has 0 aromatic heterocycles. The fourth-order valence-corrected chi connectivity index (χ4v) is 2.31. The van der Waals surface area contributed by atoms with Crippen LogP contribution in [0.2, 0.25) is 0 Å². The van der Waals surface area contributed by atoms with E-state index in [9.17, 15) is 9.00 Å². The standard InChI is InChI=1S/C8H15NO2S.C2H6/c1-2-3-8(10)9-4-6-12(11)7-5-9;1-2/h2-7H2,1H3;1-2H3. The third-order valence-electron chi connectivity index (χ3n) is 1.99. The van der Waals surface area contributed by atoms with Gasteiger partial charge in [0.25, 0.3) is 0 Å². The first-order chi connectivity index (χ1) is 6.74. The minimum Gasteiger partial charge on any atom is -0.341 e. The number of nitrogens with zero attached hydrogens (tertiary/aromatic N) is 1. The highest BCUT2D eigenvalue weighted by molar-refractivity contribution is 7.85. The Hall–Kier alpha value is -0.380. The molecule has 0 unspecified atom stereocenters. The van der Waals surface area contributed by atoms with Crippen molar-refractivity contribution >= 4 is 16.7 Å². The number of hydrogen-bond donors (Lipinski definition) is 0. The Kier molecular flexibility index (Phi) is 7.76. The van der Waals surface area contributed by atoms with Crippen LogP contribution >= 0.6 is 0 Å². The van der Waals surface area contributed by atoms with E-state index in [1.165, 1.54) is 0 Å². The highest BCUT2D eigenvalue weighted by Crippen LogP contribution is 2.03. The van der Waals surface area contributed by atoms with Crippen molar-refractivity contribution in [3.05, 3.63) is 0 Å². The fraction of sp³-hybridized carbons (Fsp3) is 0.900. The van der Waals surface area contributed by atoms with Gasteiger partial charge in [0, 0.05) is 41.8 Å². The zero-order valence-electron chi connectivity index (χ0n) is 9.41.